The van der Waals surface area contributed by atoms with E-state index in [4.69, 9.17) is 9.47 Å². The topological polar surface area (TPSA) is 97.0 Å². The minimum Gasteiger partial charge on any atom is -0.497 e. The number of methoxy groups -OCH3 is 1. The minimum atomic E-state index is -0.976. The number of nitrogens with zero attached hydrogens (tertiary/aromatic N) is 1. The van der Waals surface area contributed by atoms with Crippen molar-refractivity contribution in [3.8, 4) is 5.75 Å². The SMILES string of the molecule is C=CCN(C(=O)C(NC(=O)OC(C)(C)C)C(C)CC)C(C(=O)Nc1ccc(OC)cc1)c1ccccc1C. The maximum Gasteiger partial charge on any atom is 0.408 e. The number of rotatable bonds is 11. The molecule has 0 fully saturated rings. The molecule has 206 valence electrons. The Morgan fingerprint density at radius 3 is 2.24 bits per heavy atom. The highest BCUT2D eigenvalue weighted by molar-refractivity contribution is 5.99. The van der Waals surface area contributed by atoms with Crippen molar-refractivity contribution in [2.24, 2.45) is 5.92 Å². The second-order valence-electron chi connectivity index (χ2n) is 10.3. The molecule has 38 heavy (non-hydrogen) atoms. The number of ether oxygens (including phenoxy) is 2. The number of carbonyl (C=O) groups excluding carboxylic acids is 3. The van der Waals surface area contributed by atoms with Gasteiger partial charge in [0.1, 0.15) is 23.4 Å². The smallest absolute Gasteiger partial charge is 0.408 e. The standard InChI is InChI=1S/C30H41N3O5/c1-9-19-33(28(35)25(20(3)10-2)32-29(36)38-30(5,6)7)26(24-14-12-11-13-21(24)4)27(34)31-22-15-17-23(37-8)18-16-22/h9,11-18,20,25-26H,1,10,19H2,2-8H3,(H,31,34)(H,32,36). The number of hydrogen-bond acceptors (Lipinski definition) is 5. The second kappa shape index (κ2) is 13.7. The quantitative estimate of drug-likeness (QED) is 0.372. The molecule has 3 unspecified atom stereocenters. The third-order valence-corrected chi connectivity index (χ3v) is 6.16. The van der Waals surface area contributed by atoms with Crippen LogP contribution in [-0.2, 0) is 14.3 Å². The molecule has 2 aromatic carbocycles. The Morgan fingerprint density at radius 1 is 1.08 bits per heavy atom. The summed E-state index contributed by atoms with van der Waals surface area (Å²) < 4.78 is 10.6. The summed E-state index contributed by atoms with van der Waals surface area (Å²) in [4.78, 5) is 42.1. The highest BCUT2D eigenvalue weighted by Crippen LogP contribution is 2.28. The molecule has 0 aliphatic heterocycles. The number of carbonyl (C=O) groups is 3. The molecule has 2 aromatic rings. The first-order valence-corrected chi connectivity index (χ1v) is 12.8. The van der Waals surface area contributed by atoms with Crippen molar-refractivity contribution in [2.75, 3.05) is 19.0 Å². The predicted molar refractivity (Wildman–Crippen MR) is 150 cm³/mol. The summed E-state index contributed by atoms with van der Waals surface area (Å²) in [6.07, 6.45) is 1.51. The first-order valence-electron chi connectivity index (χ1n) is 12.8. The van der Waals surface area contributed by atoms with Crippen molar-refractivity contribution in [3.05, 3.63) is 72.3 Å². The van der Waals surface area contributed by atoms with Gasteiger partial charge in [-0.25, -0.2) is 4.79 Å². The zero-order valence-corrected chi connectivity index (χ0v) is 23.5. The van der Waals surface area contributed by atoms with Crippen LogP contribution in [0.25, 0.3) is 0 Å². The van der Waals surface area contributed by atoms with Crippen molar-refractivity contribution in [1.82, 2.24) is 10.2 Å². The Morgan fingerprint density at radius 2 is 1.71 bits per heavy atom. The lowest BCUT2D eigenvalue weighted by atomic mass is 9.94. The van der Waals surface area contributed by atoms with Crippen LogP contribution in [0, 0.1) is 12.8 Å². The molecule has 8 nitrogen and oxygen atoms in total. The molecular weight excluding hydrogens is 482 g/mol. The van der Waals surface area contributed by atoms with E-state index >= 15 is 0 Å². The maximum absolute atomic E-state index is 14.1. The lowest BCUT2D eigenvalue weighted by molar-refractivity contribution is -0.141. The van der Waals surface area contributed by atoms with Crippen LogP contribution < -0.4 is 15.4 Å². The number of benzene rings is 2. The van der Waals surface area contributed by atoms with Crippen LogP contribution in [0.1, 0.15) is 58.2 Å². The minimum absolute atomic E-state index is 0.0940. The number of hydrogen-bond donors (Lipinski definition) is 2. The van der Waals surface area contributed by atoms with E-state index in [0.29, 0.717) is 23.4 Å². The van der Waals surface area contributed by atoms with E-state index in [0.717, 1.165) is 5.56 Å². The molecule has 8 heteroatoms. The summed E-state index contributed by atoms with van der Waals surface area (Å²) >= 11 is 0. The highest BCUT2D eigenvalue weighted by Gasteiger charge is 2.38. The normalized spacial score (nSPS) is 13.4. The number of anilines is 1. The summed E-state index contributed by atoms with van der Waals surface area (Å²) in [6, 6.07) is 12.5. The van der Waals surface area contributed by atoms with Gasteiger partial charge in [-0.1, -0.05) is 50.6 Å². The Balaban J connectivity index is 2.52. The molecular formula is C30H41N3O5. The molecule has 0 aliphatic carbocycles. The van der Waals surface area contributed by atoms with Crippen molar-refractivity contribution in [3.63, 3.8) is 0 Å². The van der Waals surface area contributed by atoms with E-state index in [9.17, 15) is 14.4 Å². The number of nitrogens with one attached hydrogen (secondary N) is 2. The third kappa shape index (κ3) is 8.36. The van der Waals surface area contributed by atoms with Gasteiger partial charge in [0.2, 0.25) is 5.91 Å². The van der Waals surface area contributed by atoms with Gasteiger partial charge in [0.05, 0.1) is 7.11 Å². The average Bonchev–Trinajstić information content (AvgIpc) is 2.86. The summed E-state index contributed by atoms with van der Waals surface area (Å²) in [7, 11) is 1.57. The van der Waals surface area contributed by atoms with Gasteiger partial charge < -0.3 is 25.0 Å². The molecule has 3 amide bonds. The number of aryl methyl sites for hydroxylation is 1. The first-order chi connectivity index (χ1) is 17.9. The van der Waals surface area contributed by atoms with Gasteiger partial charge in [0.15, 0.2) is 0 Å². The molecule has 0 saturated carbocycles. The lowest BCUT2D eigenvalue weighted by Crippen LogP contribution is -2.54. The van der Waals surface area contributed by atoms with Crippen molar-refractivity contribution in [1.29, 1.82) is 0 Å². The lowest BCUT2D eigenvalue weighted by Gasteiger charge is -2.36. The molecule has 0 saturated heterocycles. The fraction of sp³-hybridized carbons (Fsp3) is 0.433. The highest BCUT2D eigenvalue weighted by atomic mass is 16.6. The second-order valence-corrected chi connectivity index (χ2v) is 10.3. The van der Waals surface area contributed by atoms with Crippen LogP contribution in [0.15, 0.2) is 61.2 Å². The summed E-state index contributed by atoms with van der Waals surface area (Å²) in [5, 5.41) is 5.68. The maximum atomic E-state index is 14.1. The van der Waals surface area contributed by atoms with Crippen molar-refractivity contribution in [2.45, 2.75) is 65.6 Å². The molecule has 0 aliphatic rings. The molecule has 2 rings (SSSR count). The molecule has 0 radical (unpaired) electrons. The van der Waals surface area contributed by atoms with E-state index in [2.05, 4.69) is 17.2 Å². The van der Waals surface area contributed by atoms with Gasteiger partial charge in [-0.3, -0.25) is 9.59 Å². The zero-order valence-electron chi connectivity index (χ0n) is 23.5. The largest absolute Gasteiger partial charge is 0.497 e. The summed E-state index contributed by atoms with van der Waals surface area (Å²) in [6.45, 7) is 14.9. The number of alkyl carbamates (subject to hydrolysis) is 1. The molecule has 0 aromatic heterocycles. The van der Waals surface area contributed by atoms with Crippen LogP contribution in [0.4, 0.5) is 10.5 Å². The Labute approximate surface area is 226 Å². The van der Waals surface area contributed by atoms with Crippen LogP contribution in [0.3, 0.4) is 0 Å². The number of amides is 3. The molecule has 0 bridgehead atoms. The Kier molecular flexibility index (Phi) is 10.9. The molecule has 3 atom stereocenters. The summed E-state index contributed by atoms with van der Waals surface area (Å²) in [5.74, 6) is -0.348. The van der Waals surface area contributed by atoms with Crippen molar-refractivity contribution < 1.29 is 23.9 Å². The van der Waals surface area contributed by atoms with Gasteiger partial charge in [-0.2, -0.15) is 0 Å². The first kappa shape index (κ1) is 30.4. The van der Waals surface area contributed by atoms with Gasteiger partial charge in [0, 0.05) is 12.2 Å². The predicted octanol–water partition coefficient (Wildman–Crippen LogP) is 5.64. The Hall–Kier alpha value is -3.81. The monoisotopic (exact) mass is 523 g/mol. The molecule has 0 spiro atoms. The summed E-state index contributed by atoms with van der Waals surface area (Å²) in [5.41, 5.74) is 1.36. The Bertz CT molecular complexity index is 1110. The van der Waals surface area contributed by atoms with Gasteiger partial charge >= 0.3 is 6.09 Å². The van der Waals surface area contributed by atoms with Crippen LogP contribution >= 0.6 is 0 Å². The molecule has 2 N–H and O–H groups in total. The van der Waals surface area contributed by atoms with Gasteiger partial charge in [0.25, 0.3) is 5.91 Å². The van der Waals surface area contributed by atoms with E-state index in [1.165, 1.54) is 4.90 Å². The van der Waals surface area contributed by atoms with E-state index in [1.54, 1.807) is 58.2 Å². The van der Waals surface area contributed by atoms with Crippen LogP contribution in [-0.4, -0.2) is 48.1 Å². The van der Waals surface area contributed by atoms with Gasteiger partial charge in [-0.15, -0.1) is 6.58 Å². The average molecular weight is 524 g/mol. The van der Waals surface area contributed by atoms with E-state index < -0.39 is 29.7 Å². The fourth-order valence-electron chi connectivity index (χ4n) is 3.99. The van der Waals surface area contributed by atoms with Crippen LogP contribution in [0.2, 0.25) is 0 Å². The van der Waals surface area contributed by atoms with Crippen molar-refractivity contribution >= 4 is 23.6 Å². The van der Waals surface area contributed by atoms with Crippen LogP contribution in [0.5, 0.6) is 5.75 Å². The fourth-order valence-corrected chi connectivity index (χ4v) is 3.99. The van der Waals surface area contributed by atoms with Gasteiger partial charge in [-0.05, 0) is 69.0 Å². The zero-order chi connectivity index (χ0) is 28.5. The molecule has 0 heterocycles. The van der Waals surface area contributed by atoms with E-state index in [1.807, 2.05) is 45.0 Å². The van der Waals surface area contributed by atoms with E-state index in [-0.39, 0.29) is 18.4 Å². The third-order valence-electron chi connectivity index (χ3n) is 6.16.